The van der Waals surface area contributed by atoms with Crippen LogP contribution in [-0.2, 0) is 20.1 Å². The SMILES string of the molecule is Cc1[nH]cnc1CN1C[C@@H]2CC[C@H](C1)N(Cc1nccn1C)C2. The average molecular weight is 314 g/mol. The largest absolute Gasteiger partial charge is 0.348 e. The molecule has 2 atom stereocenters. The van der Waals surface area contributed by atoms with Crippen LogP contribution in [0.25, 0.3) is 0 Å². The van der Waals surface area contributed by atoms with Crippen LogP contribution >= 0.6 is 0 Å². The van der Waals surface area contributed by atoms with Gasteiger partial charge in [0.1, 0.15) is 5.82 Å². The highest BCUT2D eigenvalue weighted by molar-refractivity contribution is 5.09. The van der Waals surface area contributed by atoms with Gasteiger partial charge in [-0.15, -0.1) is 0 Å². The van der Waals surface area contributed by atoms with Crippen LogP contribution in [0.3, 0.4) is 0 Å². The number of piperidine rings is 1. The highest BCUT2D eigenvalue weighted by Crippen LogP contribution is 2.29. The molecular weight excluding hydrogens is 288 g/mol. The van der Waals surface area contributed by atoms with Gasteiger partial charge >= 0.3 is 0 Å². The maximum Gasteiger partial charge on any atom is 0.122 e. The van der Waals surface area contributed by atoms with E-state index in [9.17, 15) is 0 Å². The molecule has 0 saturated carbocycles. The second kappa shape index (κ2) is 6.09. The number of nitrogens with one attached hydrogen (secondary N) is 1. The normalized spacial score (nSPS) is 25.8. The number of H-pyrrole nitrogens is 1. The fourth-order valence-electron chi connectivity index (χ4n) is 4.09. The molecule has 0 radical (unpaired) electrons. The van der Waals surface area contributed by atoms with Crippen molar-refractivity contribution >= 4 is 0 Å². The number of aromatic amines is 1. The highest BCUT2D eigenvalue weighted by Gasteiger charge is 2.35. The zero-order chi connectivity index (χ0) is 15.8. The van der Waals surface area contributed by atoms with Gasteiger partial charge in [-0.25, -0.2) is 9.97 Å². The van der Waals surface area contributed by atoms with Gasteiger partial charge in [-0.2, -0.15) is 0 Å². The first-order chi connectivity index (χ1) is 11.2. The molecule has 3 aliphatic rings. The number of nitrogens with zero attached hydrogens (tertiary/aromatic N) is 5. The highest BCUT2D eigenvalue weighted by atomic mass is 15.3. The third-order valence-corrected chi connectivity index (χ3v) is 5.48. The van der Waals surface area contributed by atoms with E-state index in [2.05, 4.69) is 43.3 Å². The smallest absolute Gasteiger partial charge is 0.122 e. The molecule has 0 spiro atoms. The first-order valence-corrected chi connectivity index (χ1v) is 8.60. The van der Waals surface area contributed by atoms with Gasteiger partial charge in [0.25, 0.3) is 0 Å². The van der Waals surface area contributed by atoms with Crippen molar-refractivity contribution in [3.63, 3.8) is 0 Å². The molecule has 0 amide bonds. The molecule has 1 N–H and O–H groups in total. The summed E-state index contributed by atoms with van der Waals surface area (Å²) in [4.78, 5) is 17.4. The predicted molar refractivity (Wildman–Crippen MR) is 88.7 cm³/mol. The summed E-state index contributed by atoms with van der Waals surface area (Å²) in [5, 5.41) is 0. The lowest BCUT2D eigenvalue weighted by Crippen LogP contribution is -2.43. The summed E-state index contributed by atoms with van der Waals surface area (Å²) in [7, 11) is 2.09. The van der Waals surface area contributed by atoms with Gasteiger partial charge in [0.2, 0.25) is 0 Å². The molecule has 5 rings (SSSR count). The van der Waals surface area contributed by atoms with Gasteiger partial charge in [-0.3, -0.25) is 9.80 Å². The van der Waals surface area contributed by atoms with Gasteiger partial charge in [0.15, 0.2) is 0 Å². The van der Waals surface area contributed by atoms with E-state index in [0.29, 0.717) is 6.04 Å². The maximum atomic E-state index is 4.51. The molecule has 2 bridgehead atoms. The second-order valence-electron chi connectivity index (χ2n) is 7.15. The lowest BCUT2D eigenvalue weighted by Gasteiger charge is -2.35. The van der Waals surface area contributed by atoms with Crippen molar-refractivity contribution < 1.29 is 0 Å². The number of hydrogen-bond acceptors (Lipinski definition) is 4. The minimum Gasteiger partial charge on any atom is -0.348 e. The molecule has 5 heterocycles. The van der Waals surface area contributed by atoms with E-state index in [-0.39, 0.29) is 0 Å². The number of aryl methyl sites for hydroxylation is 2. The molecule has 0 unspecified atom stereocenters. The van der Waals surface area contributed by atoms with E-state index >= 15 is 0 Å². The molecule has 0 aliphatic carbocycles. The zero-order valence-corrected chi connectivity index (χ0v) is 14.1. The Morgan fingerprint density at radius 2 is 2.09 bits per heavy atom. The van der Waals surface area contributed by atoms with Crippen molar-refractivity contribution in [3.8, 4) is 0 Å². The van der Waals surface area contributed by atoms with Crippen LogP contribution in [0, 0.1) is 12.8 Å². The molecule has 3 fully saturated rings. The van der Waals surface area contributed by atoms with E-state index in [1.807, 2.05) is 18.7 Å². The number of fused-ring (bicyclic) bond motifs is 4. The molecule has 124 valence electrons. The summed E-state index contributed by atoms with van der Waals surface area (Å²) in [6, 6.07) is 0.643. The molecule has 3 aliphatic heterocycles. The Balaban J connectivity index is 1.46. The molecule has 6 heteroatoms. The number of rotatable bonds is 4. The van der Waals surface area contributed by atoms with E-state index in [1.165, 1.54) is 43.1 Å². The minimum absolute atomic E-state index is 0.643. The number of hydrogen-bond donors (Lipinski definition) is 1. The molecule has 2 aromatic rings. The molecule has 0 aromatic carbocycles. The van der Waals surface area contributed by atoms with E-state index in [0.717, 1.165) is 25.6 Å². The maximum absolute atomic E-state index is 4.51. The lowest BCUT2D eigenvalue weighted by atomic mass is 9.95. The van der Waals surface area contributed by atoms with Crippen LogP contribution in [0.1, 0.15) is 30.1 Å². The van der Waals surface area contributed by atoms with Crippen molar-refractivity contribution in [2.24, 2.45) is 13.0 Å². The third-order valence-electron chi connectivity index (χ3n) is 5.48. The Labute approximate surface area is 137 Å². The summed E-state index contributed by atoms with van der Waals surface area (Å²) >= 11 is 0. The van der Waals surface area contributed by atoms with Gasteiger partial charge in [-0.05, 0) is 25.7 Å². The Bertz CT molecular complexity index is 658. The zero-order valence-electron chi connectivity index (χ0n) is 14.1. The standard InChI is InChI=1S/C17H26N6/c1-13-16(20-12-19-13)10-22-7-14-3-4-15(9-22)23(8-14)11-17-18-5-6-21(17)2/h5-6,12,14-15H,3-4,7-11H2,1-2H3,(H,19,20)/t14-,15+/m0/s1. The van der Waals surface area contributed by atoms with Crippen molar-refractivity contribution in [3.05, 3.63) is 35.9 Å². The fourth-order valence-corrected chi connectivity index (χ4v) is 4.09. The molecule has 23 heavy (non-hydrogen) atoms. The Morgan fingerprint density at radius 3 is 2.83 bits per heavy atom. The Kier molecular flexibility index (Phi) is 3.95. The van der Waals surface area contributed by atoms with E-state index in [4.69, 9.17) is 0 Å². The van der Waals surface area contributed by atoms with Gasteiger partial charge in [0.05, 0.1) is 18.6 Å². The fraction of sp³-hybridized carbons (Fsp3) is 0.647. The van der Waals surface area contributed by atoms with E-state index < -0.39 is 0 Å². The molecule has 6 nitrogen and oxygen atoms in total. The monoisotopic (exact) mass is 314 g/mol. The summed E-state index contributed by atoms with van der Waals surface area (Å²) in [5.74, 6) is 1.94. The van der Waals surface area contributed by atoms with Crippen LogP contribution < -0.4 is 0 Å². The minimum atomic E-state index is 0.643. The van der Waals surface area contributed by atoms with Crippen LogP contribution in [0.2, 0.25) is 0 Å². The molecule has 2 aromatic heterocycles. The first-order valence-electron chi connectivity index (χ1n) is 8.60. The molecular formula is C17H26N6. The summed E-state index contributed by atoms with van der Waals surface area (Å²) < 4.78 is 2.14. The quantitative estimate of drug-likeness (QED) is 0.930. The van der Waals surface area contributed by atoms with Gasteiger partial charge in [-0.1, -0.05) is 0 Å². The Morgan fingerprint density at radius 1 is 1.17 bits per heavy atom. The Hall–Kier alpha value is -1.66. The van der Waals surface area contributed by atoms with E-state index in [1.54, 1.807) is 0 Å². The van der Waals surface area contributed by atoms with Crippen LogP contribution in [0.5, 0.6) is 0 Å². The van der Waals surface area contributed by atoms with Crippen LogP contribution in [0.15, 0.2) is 18.7 Å². The third kappa shape index (κ3) is 3.05. The predicted octanol–water partition coefficient (Wildman–Crippen LogP) is 1.55. The number of aromatic nitrogens is 4. The lowest BCUT2D eigenvalue weighted by molar-refractivity contribution is 0.119. The van der Waals surface area contributed by atoms with Crippen molar-refractivity contribution in [2.45, 2.75) is 38.9 Å². The summed E-state index contributed by atoms with van der Waals surface area (Å²) in [6.07, 6.45) is 8.42. The number of imidazole rings is 2. The summed E-state index contributed by atoms with van der Waals surface area (Å²) in [6.45, 7) is 7.60. The van der Waals surface area contributed by atoms with Gasteiger partial charge < -0.3 is 9.55 Å². The topological polar surface area (TPSA) is 53.0 Å². The van der Waals surface area contributed by atoms with Crippen molar-refractivity contribution in [1.82, 2.24) is 29.3 Å². The van der Waals surface area contributed by atoms with Crippen molar-refractivity contribution in [2.75, 3.05) is 19.6 Å². The van der Waals surface area contributed by atoms with Crippen LogP contribution in [0.4, 0.5) is 0 Å². The molecule has 3 saturated heterocycles. The summed E-state index contributed by atoms with van der Waals surface area (Å²) in [5.41, 5.74) is 2.40. The average Bonchev–Trinajstić information content (AvgIpc) is 3.00. The first kappa shape index (κ1) is 14.9. The van der Waals surface area contributed by atoms with Crippen molar-refractivity contribution in [1.29, 1.82) is 0 Å². The van der Waals surface area contributed by atoms with Crippen LogP contribution in [-0.4, -0.2) is 55.0 Å². The second-order valence-corrected chi connectivity index (χ2v) is 7.15. The van der Waals surface area contributed by atoms with Gasteiger partial charge in [0, 0.05) is 57.4 Å².